The minimum absolute atomic E-state index is 0.101. The molecule has 9 heteroatoms. The second-order valence-electron chi connectivity index (χ2n) is 4.85. The third kappa shape index (κ3) is 3.36. The highest BCUT2D eigenvalue weighted by atomic mass is 35.7. The van der Waals surface area contributed by atoms with Gasteiger partial charge in [-0.2, -0.15) is 0 Å². The molecule has 0 aliphatic rings. The zero-order valence-electron chi connectivity index (χ0n) is 11.2. The summed E-state index contributed by atoms with van der Waals surface area (Å²) in [5, 5.41) is 6.88. The van der Waals surface area contributed by atoms with E-state index < -0.39 is 14.9 Å². The maximum Gasteiger partial charge on any atom is 0.296 e. The van der Waals surface area contributed by atoms with Gasteiger partial charge in [0.25, 0.3) is 14.2 Å². The van der Waals surface area contributed by atoms with Crippen LogP contribution in [0.25, 0.3) is 11.4 Å². The molecule has 0 aliphatic carbocycles. The standard InChI is InChI=1S/C12H12Cl2FN3O2S/c1-7(2)6-18-11(16-17-12(18)21(14,19)20)8-4-3-5-9(15)10(8)13/h3-5,7H,6H2,1-2H3. The lowest BCUT2D eigenvalue weighted by atomic mass is 10.2. The highest BCUT2D eigenvalue weighted by Crippen LogP contribution is 2.30. The van der Waals surface area contributed by atoms with Gasteiger partial charge in [0, 0.05) is 22.8 Å². The molecule has 0 saturated carbocycles. The topological polar surface area (TPSA) is 64.8 Å². The van der Waals surface area contributed by atoms with E-state index >= 15 is 0 Å². The van der Waals surface area contributed by atoms with Crippen molar-refractivity contribution in [2.75, 3.05) is 0 Å². The van der Waals surface area contributed by atoms with E-state index in [1.165, 1.54) is 22.8 Å². The fourth-order valence-electron chi connectivity index (χ4n) is 1.87. The van der Waals surface area contributed by atoms with Crippen LogP contribution in [0.4, 0.5) is 4.39 Å². The lowest BCUT2D eigenvalue weighted by Gasteiger charge is -2.12. The Hall–Kier alpha value is -1.18. The number of aromatic nitrogens is 3. The molecular formula is C12H12Cl2FN3O2S. The average Bonchev–Trinajstić information content (AvgIpc) is 2.75. The lowest BCUT2D eigenvalue weighted by molar-refractivity contribution is 0.488. The van der Waals surface area contributed by atoms with E-state index in [-0.39, 0.29) is 27.5 Å². The molecule has 1 aromatic heterocycles. The Morgan fingerprint density at radius 3 is 2.57 bits per heavy atom. The van der Waals surface area contributed by atoms with E-state index in [1.54, 1.807) is 0 Å². The van der Waals surface area contributed by atoms with Gasteiger partial charge in [-0.05, 0) is 18.1 Å². The maximum atomic E-state index is 13.6. The molecule has 0 aliphatic heterocycles. The molecule has 0 radical (unpaired) electrons. The molecule has 1 aromatic carbocycles. The van der Waals surface area contributed by atoms with Gasteiger partial charge in [-0.1, -0.05) is 31.5 Å². The SMILES string of the molecule is CC(C)Cn1c(-c2cccc(F)c2Cl)nnc1S(=O)(=O)Cl. The summed E-state index contributed by atoms with van der Waals surface area (Å²) < 4.78 is 38.0. The monoisotopic (exact) mass is 351 g/mol. The van der Waals surface area contributed by atoms with Gasteiger partial charge < -0.3 is 0 Å². The molecule has 0 spiro atoms. The van der Waals surface area contributed by atoms with Crippen molar-refractivity contribution in [1.29, 1.82) is 0 Å². The second kappa shape index (κ2) is 5.90. The normalized spacial score (nSPS) is 12.1. The molecule has 0 amide bonds. The zero-order chi connectivity index (χ0) is 15.8. The van der Waals surface area contributed by atoms with Gasteiger partial charge in [0.2, 0.25) is 0 Å². The van der Waals surface area contributed by atoms with Crippen LogP contribution in [-0.4, -0.2) is 23.2 Å². The van der Waals surface area contributed by atoms with Crippen molar-refractivity contribution in [2.24, 2.45) is 5.92 Å². The Morgan fingerprint density at radius 1 is 1.33 bits per heavy atom. The second-order valence-corrected chi connectivity index (χ2v) is 7.69. The summed E-state index contributed by atoms with van der Waals surface area (Å²) in [5.74, 6) is -0.361. The van der Waals surface area contributed by atoms with E-state index in [0.29, 0.717) is 6.54 Å². The first-order valence-electron chi connectivity index (χ1n) is 6.04. The van der Waals surface area contributed by atoms with E-state index in [4.69, 9.17) is 22.3 Å². The van der Waals surface area contributed by atoms with Gasteiger partial charge in [0.15, 0.2) is 5.82 Å². The molecule has 0 unspecified atom stereocenters. The van der Waals surface area contributed by atoms with Crippen molar-refractivity contribution in [3.8, 4) is 11.4 Å². The van der Waals surface area contributed by atoms with Gasteiger partial charge in [-0.15, -0.1) is 10.2 Å². The first-order chi connectivity index (χ1) is 9.71. The predicted octanol–water partition coefficient (Wildman–Crippen LogP) is 3.32. The van der Waals surface area contributed by atoms with Crippen molar-refractivity contribution >= 4 is 31.3 Å². The van der Waals surface area contributed by atoms with Gasteiger partial charge in [0.05, 0.1) is 5.02 Å². The van der Waals surface area contributed by atoms with Crippen molar-refractivity contribution in [3.63, 3.8) is 0 Å². The Morgan fingerprint density at radius 2 is 2.00 bits per heavy atom. The number of nitrogens with zero attached hydrogens (tertiary/aromatic N) is 3. The largest absolute Gasteiger partial charge is 0.297 e. The molecule has 0 N–H and O–H groups in total. The van der Waals surface area contributed by atoms with Crippen molar-refractivity contribution < 1.29 is 12.8 Å². The number of benzene rings is 1. The molecule has 2 aromatic rings. The van der Waals surface area contributed by atoms with Gasteiger partial charge in [-0.25, -0.2) is 12.8 Å². The fourth-order valence-corrected chi connectivity index (χ4v) is 2.99. The summed E-state index contributed by atoms with van der Waals surface area (Å²) in [5.41, 5.74) is 0.261. The van der Waals surface area contributed by atoms with Crippen LogP contribution >= 0.6 is 22.3 Å². The van der Waals surface area contributed by atoms with Crippen LogP contribution < -0.4 is 0 Å². The van der Waals surface area contributed by atoms with Crippen LogP contribution in [0.5, 0.6) is 0 Å². The number of rotatable bonds is 4. The van der Waals surface area contributed by atoms with Crippen LogP contribution in [-0.2, 0) is 15.6 Å². The van der Waals surface area contributed by atoms with Crippen LogP contribution in [0.1, 0.15) is 13.8 Å². The molecule has 5 nitrogen and oxygen atoms in total. The fraction of sp³-hybridized carbons (Fsp3) is 0.333. The molecule has 114 valence electrons. The zero-order valence-corrected chi connectivity index (χ0v) is 13.5. The Balaban J connectivity index is 2.70. The van der Waals surface area contributed by atoms with Crippen LogP contribution in [0.15, 0.2) is 23.4 Å². The summed E-state index contributed by atoms with van der Waals surface area (Å²) in [4.78, 5) is 0. The Labute approximate surface area is 131 Å². The van der Waals surface area contributed by atoms with E-state index in [2.05, 4.69) is 10.2 Å². The molecular weight excluding hydrogens is 340 g/mol. The third-order valence-corrected chi connectivity index (χ3v) is 4.21. The minimum Gasteiger partial charge on any atom is -0.297 e. The highest BCUT2D eigenvalue weighted by Gasteiger charge is 2.25. The molecule has 0 fully saturated rings. The smallest absolute Gasteiger partial charge is 0.296 e. The molecule has 0 saturated heterocycles. The summed E-state index contributed by atoms with van der Waals surface area (Å²) >= 11 is 5.92. The quantitative estimate of drug-likeness (QED) is 0.792. The highest BCUT2D eigenvalue weighted by molar-refractivity contribution is 8.13. The van der Waals surface area contributed by atoms with E-state index in [0.717, 1.165) is 0 Å². The number of hydrogen-bond donors (Lipinski definition) is 0. The number of halogens is 3. The lowest BCUT2D eigenvalue weighted by Crippen LogP contribution is -2.12. The van der Waals surface area contributed by atoms with Crippen molar-refractivity contribution in [1.82, 2.24) is 14.8 Å². The van der Waals surface area contributed by atoms with Crippen LogP contribution in [0.3, 0.4) is 0 Å². The maximum absolute atomic E-state index is 13.6. The molecule has 1 heterocycles. The van der Waals surface area contributed by atoms with Crippen LogP contribution in [0.2, 0.25) is 5.02 Å². The summed E-state index contributed by atoms with van der Waals surface area (Å²) in [6, 6.07) is 4.20. The molecule has 0 atom stereocenters. The minimum atomic E-state index is -4.06. The average molecular weight is 352 g/mol. The first kappa shape index (κ1) is 16.2. The van der Waals surface area contributed by atoms with Crippen LogP contribution in [0, 0.1) is 11.7 Å². The predicted molar refractivity (Wildman–Crippen MR) is 78.3 cm³/mol. The van der Waals surface area contributed by atoms with Crippen molar-refractivity contribution in [2.45, 2.75) is 25.5 Å². The third-order valence-electron chi connectivity index (χ3n) is 2.68. The molecule has 21 heavy (non-hydrogen) atoms. The summed E-state index contributed by atoms with van der Waals surface area (Å²) in [7, 11) is 1.30. The van der Waals surface area contributed by atoms with E-state index in [9.17, 15) is 12.8 Å². The van der Waals surface area contributed by atoms with Gasteiger partial charge in [-0.3, -0.25) is 4.57 Å². The summed E-state index contributed by atoms with van der Waals surface area (Å²) in [6.45, 7) is 4.08. The van der Waals surface area contributed by atoms with Gasteiger partial charge in [0.1, 0.15) is 5.82 Å². The Kier molecular flexibility index (Phi) is 4.55. The van der Waals surface area contributed by atoms with Crippen molar-refractivity contribution in [3.05, 3.63) is 29.0 Å². The molecule has 0 bridgehead atoms. The first-order valence-corrected chi connectivity index (χ1v) is 8.72. The Bertz CT molecular complexity index is 775. The number of hydrogen-bond acceptors (Lipinski definition) is 4. The van der Waals surface area contributed by atoms with E-state index in [1.807, 2.05) is 13.8 Å². The van der Waals surface area contributed by atoms with Gasteiger partial charge >= 0.3 is 0 Å². The summed E-state index contributed by atoms with van der Waals surface area (Å²) in [6.07, 6.45) is 0. The molecule has 2 rings (SSSR count).